The lowest BCUT2D eigenvalue weighted by Gasteiger charge is -2.27. The van der Waals surface area contributed by atoms with Crippen molar-refractivity contribution in [2.75, 3.05) is 0 Å². The Morgan fingerprint density at radius 1 is 0.741 bits per heavy atom. The molecule has 0 aromatic heterocycles. The van der Waals surface area contributed by atoms with Crippen molar-refractivity contribution in [3.05, 3.63) is 19.1 Å². The van der Waals surface area contributed by atoms with E-state index in [0.29, 0.717) is 18.3 Å². The highest BCUT2D eigenvalue weighted by molar-refractivity contribution is 4.86. The number of rotatable bonds is 10. The predicted molar refractivity (Wildman–Crippen MR) is 116 cm³/mol. The molecule has 2 aliphatic rings. The predicted octanol–water partition coefficient (Wildman–Crippen LogP) is 7.56. The van der Waals surface area contributed by atoms with Crippen molar-refractivity contribution in [2.24, 2.45) is 0 Å². The molecule has 1 radical (unpaired) electrons. The van der Waals surface area contributed by atoms with Gasteiger partial charge in [0.15, 0.2) is 0 Å². The van der Waals surface area contributed by atoms with Gasteiger partial charge >= 0.3 is 0 Å². The SMILES string of the molecule is C=CC(CC[CH][C@H](CC)OC1CCCCCCC1)OC1CCCCCCC1. The van der Waals surface area contributed by atoms with Crippen molar-refractivity contribution in [3.8, 4) is 0 Å². The van der Waals surface area contributed by atoms with Crippen LogP contribution in [0.15, 0.2) is 12.7 Å². The highest BCUT2D eigenvalue weighted by Crippen LogP contribution is 2.24. The molecular formula is C25H45O2. The summed E-state index contributed by atoms with van der Waals surface area (Å²) in [5, 5.41) is 0. The van der Waals surface area contributed by atoms with Crippen molar-refractivity contribution in [1.82, 2.24) is 0 Å². The summed E-state index contributed by atoms with van der Waals surface area (Å²) in [4.78, 5) is 0. The molecule has 2 fully saturated rings. The maximum atomic E-state index is 6.45. The van der Waals surface area contributed by atoms with Crippen LogP contribution in [0.5, 0.6) is 0 Å². The van der Waals surface area contributed by atoms with Crippen LogP contribution in [0.2, 0.25) is 0 Å². The molecule has 27 heavy (non-hydrogen) atoms. The van der Waals surface area contributed by atoms with Crippen LogP contribution in [0.4, 0.5) is 0 Å². The molecule has 0 spiro atoms. The summed E-state index contributed by atoms with van der Waals surface area (Å²) in [5.41, 5.74) is 0. The third kappa shape index (κ3) is 10.1. The van der Waals surface area contributed by atoms with Crippen molar-refractivity contribution in [2.45, 2.75) is 140 Å². The topological polar surface area (TPSA) is 18.5 Å². The van der Waals surface area contributed by atoms with Gasteiger partial charge in [0.2, 0.25) is 0 Å². The fraction of sp³-hybridized carbons (Fsp3) is 0.880. The van der Waals surface area contributed by atoms with Crippen molar-refractivity contribution in [3.63, 3.8) is 0 Å². The van der Waals surface area contributed by atoms with E-state index >= 15 is 0 Å². The molecule has 0 bridgehead atoms. The molecule has 2 rings (SSSR count). The summed E-state index contributed by atoms with van der Waals surface area (Å²) in [6.07, 6.45) is 27.7. The van der Waals surface area contributed by atoms with Crippen LogP contribution in [0.1, 0.15) is 116 Å². The second-order valence-electron chi connectivity index (χ2n) is 8.74. The Morgan fingerprint density at radius 2 is 1.19 bits per heavy atom. The van der Waals surface area contributed by atoms with E-state index in [-0.39, 0.29) is 6.10 Å². The van der Waals surface area contributed by atoms with Gasteiger partial charge in [-0.15, -0.1) is 6.58 Å². The summed E-state index contributed by atoms with van der Waals surface area (Å²) < 4.78 is 12.8. The van der Waals surface area contributed by atoms with Gasteiger partial charge in [0.05, 0.1) is 24.4 Å². The molecule has 0 aliphatic heterocycles. The Labute approximate surface area is 169 Å². The first kappa shape index (κ1) is 22.9. The molecule has 0 aromatic carbocycles. The minimum absolute atomic E-state index is 0.199. The van der Waals surface area contributed by atoms with Crippen LogP contribution >= 0.6 is 0 Å². The molecule has 1 unspecified atom stereocenters. The summed E-state index contributed by atoms with van der Waals surface area (Å²) in [6.45, 7) is 6.28. The third-order valence-electron chi connectivity index (χ3n) is 6.38. The zero-order valence-corrected chi connectivity index (χ0v) is 18.0. The Hall–Kier alpha value is -0.340. The summed E-state index contributed by atoms with van der Waals surface area (Å²) in [6, 6.07) is 0. The average Bonchev–Trinajstić information content (AvgIpc) is 2.63. The van der Waals surface area contributed by atoms with Crippen molar-refractivity contribution >= 4 is 0 Å². The largest absolute Gasteiger partial charge is 0.375 e. The van der Waals surface area contributed by atoms with Crippen LogP contribution in [0.3, 0.4) is 0 Å². The van der Waals surface area contributed by atoms with Crippen molar-refractivity contribution < 1.29 is 9.47 Å². The Kier molecular flexibility index (Phi) is 12.4. The average molecular weight is 378 g/mol. The minimum atomic E-state index is 0.199. The van der Waals surface area contributed by atoms with Gasteiger partial charge < -0.3 is 9.47 Å². The van der Waals surface area contributed by atoms with Gasteiger partial charge in [-0.05, 0) is 51.4 Å². The summed E-state index contributed by atoms with van der Waals surface area (Å²) in [5.74, 6) is 0. The standard InChI is InChI=1S/C25H45O2/c1-3-22(26-24-16-11-7-5-8-12-17-24)20-15-21-23(4-2)27-25-18-13-9-6-10-14-19-25/h3,21-25H,1,4-20H2,2H3/t22?,23-/m0/s1. The molecule has 2 saturated carbocycles. The molecule has 0 heterocycles. The van der Waals surface area contributed by atoms with E-state index in [1.807, 2.05) is 6.08 Å². The van der Waals surface area contributed by atoms with E-state index in [0.717, 1.165) is 19.3 Å². The Morgan fingerprint density at radius 3 is 1.63 bits per heavy atom. The van der Waals surface area contributed by atoms with E-state index in [9.17, 15) is 0 Å². The quantitative estimate of drug-likeness (QED) is 0.366. The molecule has 0 saturated heterocycles. The third-order valence-corrected chi connectivity index (χ3v) is 6.38. The zero-order chi connectivity index (χ0) is 19.2. The lowest BCUT2D eigenvalue weighted by atomic mass is 9.97. The zero-order valence-electron chi connectivity index (χ0n) is 18.0. The Bertz CT molecular complexity index is 351. The lowest BCUT2D eigenvalue weighted by molar-refractivity contribution is -0.0175. The van der Waals surface area contributed by atoms with Crippen molar-refractivity contribution in [1.29, 1.82) is 0 Å². The van der Waals surface area contributed by atoms with E-state index in [2.05, 4.69) is 19.9 Å². The maximum absolute atomic E-state index is 6.45. The van der Waals surface area contributed by atoms with Gasteiger partial charge in [0.25, 0.3) is 0 Å². The number of ether oxygens (including phenoxy) is 2. The van der Waals surface area contributed by atoms with E-state index in [4.69, 9.17) is 9.47 Å². The van der Waals surface area contributed by atoms with Crippen LogP contribution in [0.25, 0.3) is 0 Å². The van der Waals surface area contributed by atoms with Gasteiger partial charge in [-0.25, -0.2) is 0 Å². The lowest BCUT2D eigenvalue weighted by Crippen LogP contribution is -2.24. The van der Waals surface area contributed by atoms with E-state index in [1.165, 1.54) is 89.9 Å². The molecule has 2 aliphatic carbocycles. The van der Waals surface area contributed by atoms with Gasteiger partial charge in [-0.1, -0.05) is 77.2 Å². The first-order valence-corrected chi connectivity index (χ1v) is 12.1. The number of hydrogen-bond donors (Lipinski definition) is 0. The van der Waals surface area contributed by atoms with Crippen LogP contribution in [0, 0.1) is 6.42 Å². The smallest absolute Gasteiger partial charge is 0.0757 e. The molecule has 157 valence electrons. The summed E-state index contributed by atoms with van der Waals surface area (Å²) in [7, 11) is 0. The second kappa shape index (κ2) is 14.6. The van der Waals surface area contributed by atoms with Gasteiger partial charge in [-0.2, -0.15) is 0 Å². The van der Waals surface area contributed by atoms with Crippen LogP contribution in [-0.2, 0) is 9.47 Å². The fourth-order valence-corrected chi connectivity index (χ4v) is 4.61. The van der Waals surface area contributed by atoms with Crippen LogP contribution < -0.4 is 0 Å². The fourth-order valence-electron chi connectivity index (χ4n) is 4.61. The van der Waals surface area contributed by atoms with Gasteiger partial charge in [-0.3, -0.25) is 0 Å². The molecule has 0 amide bonds. The molecule has 2 nitrogen and oxygen atoms in total. The first-order chi connectivity index (χ1) is 13.3. The van der Waals surface area contributed by atoms with Crippen LogP contribution in [-0.4, -0.2) is 24.4 Å². The number of hydrogen-bond acceptors (Lipinski definition) is 2. The second-order valence-corrected chi connectivity index (χ2v) is 8.74. The highest BCUT2D eigenvalue weighted by atomic mass is 16.5. The van der Waals surface area contributed by atoms with E-state index in [1.54, 1.807) is 0 Å². The van der Waals surface area contributed by atoms with Gasteiger partial charge in [0.1, 0.15) is 0 Å². The molecule has 0 N–H and O–H groups in total. The first-order valence-electron chi connectivity index (χ1n) is 12.1. The minimum Gasteiger partial charge on any atom is -0.375 e. The summed E-state index contributed by atoms with van der Waals surface area (Å²) >= 11 is 0. The molecule has 2 atom stereocenters. The maximum Gasteiger partial charge on any atom is 0.0757 e. The highest BCUT2D eigenvalue weighted by Gasteiger charge is 2.19. The van der Waals surface area contributed by atoms with E-state index < -0.39 is 0 Å². The normalized spacial score (nSPS) is 23.6. The van der Waals surface area contributed by atoms with Gasteiger partial charge in [0, 0.05) is 0 Å². The Balaban J connectivity index is 1.66. The molecule has 0 aromatic rings. The monoisotopic (exact) mass is 377 g/mol. The molecule has 2 heteroatoms. The molecular weight excluding hydrogens is 332 g/mol.